The molecule has 0 aliphatic heterocycles. The van der Waals surface area contributed by atoms with Gasteiger partial charge in [0.2, 0.25) is 10.0 Å². The van der Waals surface area contributed by atoms with Crippen LogP contribution in [0.2, 0.25) is 0 Å². The molecule has 0 fully saturated rings. The molecule has 0 aromatic heterocycles. The van der Waals surface area contributed by atoms with Crippen LogP contribution >= 0.6 is 0 Å². The van der Waals surface area contributed by atoms with E-state index in [0.29, 0.717) is 11.5 Å². The smallest absolute Gasteiger partial charge is 0.309 e. The number of carbonyl (C=O) groups is 1. The number of sulfonamides is 1. The van der Waals surface area contributed by atoms with E-state index in [-0.39, 0.29) is 11.4 Å². The number of ether oxygens (including phenoxy) is 3. The van der Waals surface area contributed by atoms with E-state index < -0.39 is 21.9 Å². The van der Waals surface area contributed by atoms with Crippen LogP contribution in [0.15, 0.2) is 23.1 Å². The first kappa shape index (κ1) is 17.3. The first-order valence-electron chi connectivity index (χ1n) is 6.15. The Morgan fingerprint density at radius 3 is 2.33 bits per heavy atom. The van der Waals surface area contributed by atoms with Gasteiger partial charge in [0, 0.05) is 12.6 Å². The summed E-state index contributed by atoms with van der Waals surface area (Å²) in [6.07, 6.45) is 0. The lowest BCUT2D eigenvalue weighted by molar-refractivity contribution is -0.144. The number of rotatable bonds is 7. The Kier molecular flexibility index (Phi) is 5.98. The predicted octanol–water partition coefficient (Wildman–Crippen LogP) is 0.791. The highest BCUT2D eigenvalue weighted by atomic mass is 32.2. The van der Waals surface area contributed by atoms with Gasteiger partial charge in [-0.25, -0.2) is 13.1 Å². The summed E-state index contributed by atoms with van der Waals surface area (Å²) in [5, 5.41) is 0. The van der Waals surface area contributed by atoms with Crippen molar-refractivity contribution >= 4 is 16.0 Å². The third-order valence-electron chi connectivity index (χ3n) is 2.85. The van der Waals surface area contributed by atoms with Crippen molar-refractivity contribution in [3.63, 3.8) is 0 Å². The van der Waals surface area contributed by atoms with Crippen molar-refractivity contribution in [1.82, 2.24) is 4.72 Å². The Morgan fingerprint density at radius 2 is 1.81 bits per heavy atom. The molecule has 0 amide bonds. The minimum atomic E-state index is -3.75. The van der Waals surface area contributed by atoms with Gasteiger partial charge in [0.15, 0.2) is 11.5 Å². The van der Waals surface area contributed by atoms with Crippen LogP contribution in [0.25, 0.3) is 0 Å². The fraction of sp³-hybridized carbons (Fsp3) is 0.462. The monoisotopic (exact) mass is 317 g/mol. The zero-order valence-corrected chi connectivity index (χ0v) is 13.2. The third-order valence-corrected chi connectivity index (χ3v) is 4.27. The highest BCUT2D eigenvalue weighted by Gasteiger charge is 2.20. The van der Waals surface area contributed by atoms with Crippen LogP contribution < -0.4 is 14.2 Å². The van der Waals surface area contributed by atoms with E-state index in [1.807, 2.05) is 0 Å². The largest absolute Gasteiger partial charge is 0.493 e. The summed E-state index contributed by atoms with van der Waals surface area (Å²) in [6.45, 7) is 1.52. The number of carbonyl (C=O) groups excluding carboxylic acids is 1. The molecule has 0 saturated heterocycles. The summed E-state index contributed by atoms with van der Waals surface area (Å²) in [7, 11) is 0.382. The van der Waals surface area contributed by atoms with E-state index in [1.54, 1.807) is 6.92 Å². The van der Waals surface area contributed by atoms with Crippen molar-refractivity contribution in [1.29, 1.82) is 0 Å². The van der Waals surface area contributed by atoms with Gasteiger partial charge >= 0.3 is 5.97 Å². The van der Waals surface area contributed by atoms with E-state index in [1.165, 1.54) is 39.5 Å². The van der Waals surface area contributed by atoms with Crippen molar-refractivity contribution in [2.75, 3.05) is 27.9 Å². The van der Waals surface area contributed by atoms with Crippen LogP contribution in [0, 0.1) is 5.92 Å². The standard InChI is InChI=1S/C13H19NO6S/c1-9(13(15)20-4)8-14-21(16,17)10-5-6-11(18-2)12(7-10)19-3/h5-7,9,14H,8H2,1-4H3/t9-/m1/s1. The van der Waals surface area contributed by atoms with E-state index in [2.05, 4.69) is 9.46 Å². The molecular formula is C13H19NO6S. The summed E-state index contributed by atoms with van der Waals surface area (Å²) in [5.74, 6) is -0.323. The summed E-state index contributed by atoms with van der Waals surface area (Å²) < 4.78 is 41.3. The average molecular weight is 317 g/mol. The molecule has 118 valence electrons. The highest BCUT2D eigenvalue weighted by molar-refractivity contribution is 7.89. The summed E-state index contributed by atoms with van der Waals surface area (Å²) >= 11 is 0. The Hall–Kier alpha value is -1.80. The molecule has 0 heterocycles. The Labute approximate surface area is 124 Å². The molecule has 0 saturated carbocycles. The van der Waals surface area contributed by atoms with Gasteiger partial charge in [0.25, 0.3) is 0 Å². The fourth-order valence-corrected chi connectivity index (χ4v) is 2.73. The number of benzene rings is 1. The van der Waals surface area contributed by atoms with Crippen molar-refractivity contribution < 1.29 is 27.4 Å². The molecule has 1 N–H and O–H groups in total. The van der Waals surface area contributed by atoms with Crippen LogP contribution in [-0.2, 0) is 19.6 Å². The Balaban J connectivity index is 2.90. The maximum atomic E-state index is 12.2. The average Bonchev–Trinajstić information content (AvgIpc) is 2.50. The van der Waals surface area contributed by atoms with E-state index in [0.717, 1.165) is 0 Å². The summed E-state index contributed by atoms with van der Waals surface area (Å²) in [5.41, 5.74) is 0. The van der Waals surface area contributed by atoms with Crippen LogP contribution in [-0.4, -0.2) is 42.3 Å². The first-order valence-corrected chi connectivity index (χ1v) is 7.63. The molecule has 1 aromatic rings. The van der Waals surface area contributed by atoms with Crippen molar-refractivity contribution in [3.8, 4) is 11.5 Å². The van der Waals surface area contributed by atoms with Gasteiger partial charge in [-0.05, 0) is 12.1 Å². The third kappa shape index (κ3) is 4.33. The van der Waals surface area contributed by atoms with Crippen LogP contribution in [0.1, 0.15) is 6.92 Å². The van der Waals surface area contributed by atoms with Crippen LogP contribution in [0.4, 0.5) is 0 Å². The van der Waals surface area contributed by atoms with Gasteiger partial charge in [-0.3, -0.25) is 4.79 Å². The van der Waals surface area contributed by atoms with Crippen molar-refractivity contribution in [3.05, 3.63) is 18.2 Å². The summed E-state index contributed by atoms with van der Waals surface area (Å²) in [4.78, 5) is 11.3. The molecule has 0 unspecified atom stereocenters. The summed E-state index contributed by atoms with van der Waals surface area (Å²) in [6, 6.07) is 4.24. The number of nitrogens with one attached hydrogen (secondary N) is 1. The van der Waals surface area contributed by atoms with Gasteiger partial charge < -0.3 is 14.2 Å². The number of esters is 1. The quantitative estimate of drug-likeness (QED) is 0.748. The molecule has 0 aliphatic rings. The Bertz CT molecular complexity index is 599. The number of hydrogen-bond acceptors (Lipinski definition) is 6. The van der Waals surface area contributed by atoms with E-state index >= 15 is 0 Å². The maximum absolute atomic E-state index is 12.2. The molecular weight excluding hydrogens is 298 g/mol. The molecule has 0 bridgehead atoms. The molecule has 21 heavy (non-hydrogen) atoms. The van der Waals surface area contributed by atoms with Gasteiger partial charge in [-0.1, -0.05) is 6.92 Å². The van der Waals surface area contributed by atoms with Gasteiger partial charge in [-0.15, -0.1) is 0 Å². The molecule has 0 aliphatic carbocycles. The molecule has 1 rings (SSSR count). The molecule has 7 nitrogen and oxygen atoms in total. The van der Waals surface area contributed by atoms with E-state index in [4.69, 9.17) is 9.47 Å². The number of hydrogen-bond donors (Lipinski definition) is 1. The van der Waals surface area contributed by atoms with Crippen LogP contribution in [0.3, 0.4) is 0 Å². The second kappa shape index (κ2) is 7.28. The predicted molar refractivity (Wildman–Crippen MR) is 75.9 cm³/mol. The normalized spacial score (nSPS) is 12.6. The topological polar surface area (TPSA) is 90.9 Å². The minimum Gasteiger partial charge on any atom is -0.493 e. The molecule has 0 radical (unpaired) electrons. The van der Waals surface area contributed by atoms with E-state index in [9.17, 15) is 13.2 Å². The highest BCUT2D eigenvalue weighted by Crippen LogP contribution is 2.29. The van der Waals surface area contributed by atoms with Crippen molar-refractivity contribution in [2.45, 2.75) is 11.8 Å². The lowest BCUT2D eigenvalue weighted by Crippen LogP contribution is -2.32. The Morgan fingerprint density at radius 1 is 1.19 bits per heavy atom. The molecule has 1 aromatic carbocycles. The lowest BCUT2D eigenvalue weighted by Gasteiger charge is -2.13. The zero-order valence-electron chi connectivity index (χ0n) is 12.4. The van der Waals surface area contributed by atoms with Gasteiger partial charge in [0.1, 0.15) is 0 Å². The second-order valence-electron chi connectivity index (χ2n) is 4.29. The molecule has 1 atom stereocenters. The SMILES string of the molecule is COC(=O)[C@H](C)CNS(=O)(=O)c1ccc(OC)c(OC)c1. The number of methoxy groups -OCH3 is 3. The molecule has 8 heteroatoms. The second-order valence-corrected chi connectivity index (χ2v) is 6.06. The first-order chi connectivity index (χ1) is 9.85. The lowest BCUT2D eigenvalue weighted by atomic mass is 10.2. The van der Waals surface area contributed by atoms with Gasteiger partial charge in [0.05, 0.1) is 32.1 Å². The molecule has 0 spiro atoms. The fourth-order valence-electron chi connectivity index (χ4n) is 1.59. The van der Waals surface area contributed by atoms with Gasteiger partial charge in [-0.2, -0.15) is 0 Å². The maximum Gasteiger partial charge on any atom is 0.309 e. The minimum absolute atomic E-state index is 0.0252. The van der Waals surface area contributed by atoms with Crippen LogP contribution in [0.5, 0.6) is 11.5 Å². The van der Waals surface area contributed by atoms with Crippen molar-refractivity contribution in [2.24, 2.45) is 5.92 Å². The zero-order chi connectivity index (χ0) is 16.0.